The third-order valence-electron chi connectivity index (χ3n) is 3.84. The number of ether oxygens (including phenoxy) is 2. The van der Waals surface area contributed by atoms with Crippen molar-refractivity contribution >= 4 is 17.6 Å². The average molecular weight is 365 g/mol. The number of aromatic amines is 1. The summed E-state index contributed by atoms with van der Waals surface area (Å²) in [7, 11) is 3.18. The largest absolute Gasteiger partial charge is 0.497 e. The lowest BCUT2D eigenvalue weighted by atomic mass is 10.1. The number of methoxy groups -OCH3 is 2. The lowest BCUT2D eigenvalue weighted by Crippen LogP contribution is -1.95. The van der Waals surface area contributed by atoms with Crippen LogP contribution in [0.2, 0.25) is 0 Å². The van der Waals surface area contributed by atoms with E-state index < -0.39 is 0 Å². The molecule has 0 aliphatic rings. The standard InChI is InChI=1S/C21H23N3O3/c1-5-16(22)7-6-14(2)21(25)9-8-17-12-20(24-23-17)15-10-18(26-3)13-19(11-15)27-4/h6-13,22H,2,5H2,1,3-4H3,(H,23,24)/b7-6-,9-8+,22-16?. The Balaban J connectivity index is 2.13. The SMILES string of the molecule is C=C(/C=C\C(=N)CC)C(=O)/C=C/c1cc(-c2cc(OC)cc(OC)c2)n[nH]1. The second-order valence-corrected chi connectivity index (χ2v) is 5.74. The molecular formula is C21H23N3O3. The minimum Gasteiger partial charge on any atom is -0.497 e. The van der Waals surface area contributed by atoms with E-state index in [1.54, 1.807) is 38.5 Å². The van der Waals surface area contributed by atoms with Gasteiger partial charge in [-0.15, -0.1) is 0 Å². The molecule has 1 aromatic carbocycles. The second kappa shape index (κ2) is 9.33. The first-order valence-electron chi connectivity index (χ1n) is 8.42. The molecule has 2 aromatic rings. The second-order valence-electron chi connectivity index (χ2n) is 5.74. The molecule has 1 heterocycles. The molecule has 6 nitrogen and oxygen atoms in total. The van der Waals surface area contributed by atoms with Crippen molar-refractivity contribution in [3.05, 3.63) is 60.3 Å². The molecule has 1 aromatic heterocycles. The Morgan fingerprint density at radius 1 is 1.15 bits per heavy atom. The number of ketones is 1. The number of hydrogen-bond acceptors (Lipinski definition) is 5. The quantitative estimate of drug-likeness (QED) is 0.396. The maximum Gasteiger partial charge on any atom is 0.185 e. The molecule has 0 unspecified atom stereocenters. The van der Waals surface area contributed by atoms with E-state index in [1.807, 2.05) is 25.1 Å². The van der Waals surface area contributed by atoms with E-state index in [4.69, 9.17) is 14.9 Å². The van der Waals surface area contributed by atoms with Gasteiger partial charge in [0.25, 0.3) is 0 Å². The van der Waals surface area contributed by atoms with Crippen LogP contribution in [0.5, 0.6) is 11.5 Å². The lowest BCUT2D eigenvalue weighted by molar-refractivity contribution is -0.111. The van der Waals surface area contributed by atoms with Gasteiger partial charge in [-0.05, 0) is 48.9 Å². The highest BCUT2D eigenvalue weighted by molar-refractivity contribution is 6.08. The molecule has 2 N–H and O–H groups in total. The van der Waals surface area contributed by atoms with E-state index in [-0.39, 0.29) is 5.78 Å². The van der Waals surface area contributed by atoms with Crippen LogP contribution < -0.4 is 9.47 Å². The Bertz CT molecular complexity index is 885. The summed E-state index contributed by atoms with van der Waals surface area (Å²) < 4.78 is 10.5. The Labute approximate surface area is 158 Å². The number of carbonyl (C=O) groups is 1. The zero-order valence-electron chi connectivity index (χ0n) is 15.7. The number of H-pyrrole nitrogens is 1. The van der Waals surface area contributed by atoms with Gasteiger partial charge in [0.05, 0.1) is 25.6 Å². The third-order valence-corrected chi connectivity index (χ3v) is 3.84. The molecule has 0 atom stereocenters. The molecule has 0 spiro atoms. The summed E-state index contributed by atoms with van der Waals surface area (Å²) >= 11 is 0. The van der Waals surface area contributed by atoms with Crippen molar-refractivity contribution in [1.29, 1.82) is 5.41 Å². The normalized spacial score (nSPS) is 11.1. The summed E-state index contributed by atoms with van der Waals surface area (Å²) in [5.41, 5.74) is 2.98. The molecule has 140 valence electrons. The van der Waals surface area contributed by atoms with Crippen LogP contribution in [-0.2, 0) is 4.79 Å². The smallest absolute Gasteiger partial charge is 0.185 e. The molecule has 0 aliphatic heterocycles. The van der Waals surface area contributed by atoms with Crippen LogP contribution in [0.1, 0.15) is 19.0 Å². The predicted octanol–water partition coefficient (Wildman–Crippen LogP) is 4.22. The number of nitrogens with zero attached hydrogens (tertiary/aromatic N) is 1. The lowest BCUT2D eigenvalue weighted by Gasteiger charge is -2.06. The fourth-order valence-corrected chi connectivity index (χ4v) is 2.20. The zero-order chi connectivity index (χ0) is 19.8. The van der Waals surface area contributed by atoms with E-state index in [1.165, 1.54) is 6.08 Å². The van der Waals surface area contributed by atoms with Crippen LogP contribution in [0.3, 0.4) is 0 Å². The maximum absolute atomic E-state index is 12.1. The fraction of sp³-hybridized carbons (Fsp3) is 0.190. The Hall–Kier alpha value is -3.41. The van der Waals surface area contributed by atoms with Crippen LogP contribution in [0, 0.1) is 5.41 Å². The van der Waals surface area contributed by atoms with Gasteiger partial charge in [-0.25, -0.2) is 0 Å². The van der Waals surface area contributed by atoms with Crippen molar-refractivity contribution in [1.82, 2.24) is 10.2 Å². The van der Waals surface area contributed by atoms with Crippen LogP contribution >= 0.6 is 0 Å². The highest BCUT2D eigenvalue weighted by Gasteiger charge is 2.08. The molecule has 0 saturated heterocycles. The maximum atomic E-state index is 12.1. The number of benzene rings is 1. The topological polar surface area (TPSA) is 88.1 Å². The summed E-state index contributed by atoms with van der Waals surface area (Å²) in [6, 6.07) is 7.32. The molecule has 6 heteroatoms. The Morgan fingerprint density at radius 2 is 1.81 bits per heavy atom. The van der Waals surface area contributed by atoms with Crippen LogP contribution in [0.25, 0.3) is 17.3 Å². The number of allylic oxidation sites excluding steroid dienone is 4. The van der Waals surface area contributed by atoms with Gasteiger partial charge >= 0.3 is 0 Å². The molecule has 0 aliphatic carbocycles. The van der Waals surface area contributed by atoms with Crippen molar-refractivity contribution in [2.24, 2.45) is 0 Å². The molecule has 0 radical (unpaired) electrons. The first-order valence-corrected chi connectivity index (χ1v) is 8.42. The molecule has 0 bridgehead atoms. The Morgan fingerprint density at radius 3 is 2.41 bits per heavy atom. The van der Waals surface area contributed by atoms with Crippen LogP contribution in [0.15, 0.2) is 54.6 Å². The van der Waals surface area contributed by atoms with Crippen molar-refractivity contribution in [2.45, 2.75) is 13.3 Å². The van der Waals surface area contributed by atoms with Crippen LogP contribution in [-0.4, -0.2) is 35.9 Å². The minimum atomic E-state index is -0.227. The Kier molecular flexibility index (Phi) is 6.88. The summed E-state index contributed by atoms with van der Waals surface area (Å²) in [4.78, 5) is 12.1. The van der Waals surface area contributed by atoms with E-state index in [0.29, 0.717) is 40.6 Å². The minimum absolute atomic E-state index is 0.227. The van der Waals surface area contributed by atoms with Crippen LogP contribution in [0.4, 0.5) is 0 Å². The average Bonchev–Trinajstić information content (AvgIpc) is 3.18. The summed E-state index contributed by atoms with van der Waals surface area (Å²) in [5.74, 6) is 1.11. The number of rotatable bonds is 9. The summed E-state index contributed by atoms with van der Waals surface area (Å²) in [6.07, 6.45) is 6.81. The van der Waals surface area contributed by atoms with Gasteiger partial charge in [0.1, 0.15) is 11.5 Å². The summed E-state index contributed by atoms with van der Waals surface area (Å²) in [6.45, 7) is 5.61. The highest BCUT2D eigenvalue weighted by atomic mass is 16.5. The van der Waals surface area contributed by atoms with Crippen molar-refractivity contribution in [3.63, 3.8) is 0 Å². The van der Waals surface area contributed by atoms with Gasteiger partial charge in [-0.3, -0.25) is 9.89 Å². The number of carbonyl (C=O) groups excluding carboxylic acids is 1. The van der Waals surface area contributed by atoms with Gasteiger partial charge < -0.3 is 14.9 Å². The van der Waals surface area contributed by atoms with Gasteiger partial charge in [-0.2, -0.15) is 5.10 Å². The molecule has 0 fully saturated rings. The fourth-order valence-electron chi connectivity index (χ4n) is 2.20. The summed E-state index contributed by atoms with van der Waals surface area (Å²) in [5, 5.41) is 14.7. The van der Waals surface area contributed by atoms with Gasteiger partial charge in [-0.1, -0.05) is 13.5 Å². The first-order chi connectivity index (χ1) is 13.0. The molecule has 0 amide bonds. The third kappa shape index (κ3) is 5.54. The van der Waals surface area contributed by atoms with E-state index in [0.717, 1.165) is 5.56 Å². The van der Waals surface area contributed by atoms with Crippen molar-refractivity contribution in [2.75, 3.05) is 14.2 Å². The zero-order valence-corrected chi connectivity index (χ0v) is 15.7. The first kappa shape index (κ1) is 19.9. The molecule has 2 rings (SSSR count). The van der Waals surface area contributed by atoms with Crippen molar-refractivity contribution in [3.8, 4) is 22.8 Å². The van der Waals surface area contributed by atoms with E-state index in [2.05, 4.69) is 16.8 Å². The van der Waals surface area contributed by atoms with E-state index >= 15 is 0 Å². The number of aromatic nitrogens is 2. The molecule has 0 saturated carbocycles. The van der Waals surface area contributed by atoms with E-state index in [9.17, 15) is 4.79 Å². The molecule has 27 heavy (non-hydrogen) atoms. The van der Waals surface area contributed by atoms with Crippen molar-refractivity contribution < 1.29 is 14.3 Å². The number of hydrogen-bond donors (Lipinski definition) is 2. The predicted molar refractivity (Wildman–Crippen MR) is 107 cm³/mol. The van der Waals surface area contributed by atoms with Gasteiger partial charge in [0.2, 0.25) is 0 Å². The number of nitrogens with one attached hydrogen (secondary N) is 2. The van der Waals surface area contributed by atoms with Gasteiger partial charge in [0, 0.05) is 22.9 Å². The highest BCUT2D eigenvalue weighted by Crippen LogP contribution is 2.29. The van der Waals surface area contributed by atoms with Gasteiger partial charge in [0.15, 0.2) is 5.78 Å². The monoisotopic (exact) mass is 365 g/mol. The molecular weight excluding hydrogens is 342 g/mol.